The molecule has 0 aromatic heterocycles. The minimum Gasteiger partial charge on any atom is -0.493 e. The summed E-state index contributed by atoms with van der Waals surface area (Å²) in [6.45, 7) is 6.51. The molecule has 1 aliphatic heterocycles. The van der Waals surface area contributed by atoms with Gasteiger partial charge in [0, 0.05) is 10.6 Å². The molecule has 1 fully saturated rings. The second-order valence-corrected chi connectivity index (χ2v) is 8.01. The molecule has 134 valence electrons. The molecular weight excluding hydrogens is 386 g/mol. The van der Waals surface area contributed by atoms with Crippen molar-refractivity contribution >= 4 is 57.6 Å². The van der Waals surface area contributed by atoms with Crippen molar-refractivity contribution in [3.8, 4) is 5.75 Å². The predicted molar refractivity (Wildman–Crippen MR) is 114 cm³/mol. The number of rotatable bonds is 4. The van der Waals surface area contributed by atoms with E-state index in [0.29, 0.717) is 26.6 Å². The molecule has 0 aliphatic carbocycles. The first kappa shape index (κ1) is 19.0. The highest BCUT2D eigenvalue weighted by molar-refractivity contribution is 8.27. The van der Waals surface area contributed by atoms with Crippen LogP contribution in [-0.4, -0.2) is 16.8 Å². The third kappa shape index (κ3) is 3.80. The first-order valence-electron chi connectivity index (χ1n) is 8.18. The summed E-state index contributed by atoms with van der Waals surface area (Å²) in [5.41, 5.74) is 3.85. The van der Waals surface area contributed by atoms with Crippen LogP contribution in [0.15, 0.2) is 41.3 Å². The number of aryl methyl sites for hydroxylation is 2. The number of amides is 1. The Labute approximate surface area is 168 Å². The summed E-state index contributed by atoms with van der Waals surface area (Å²) in [6.07, 6.45) is 1.79. The lowest BCUT2D eigenvalue weighted by atomic mass is 10.1. The number of anilines is 1. The molecule has 3 rings (SSSR count). The molecule has 0 spiro atoms. The number of halogens is 1. The number of benzene rings is 2. The summed E-state index contributed by atoms with van der Waals surface area (Å²) in [6, 6.07) is 11.3. The quantitative estimate of drug-likeness (QED) is 0.479. The molecule has 0 unspecified atom stereocenters. The van der Waals surface area contributed by atoms with Crippen molar-refractivity contribution in [2.75, 3.05) is 11.5 Å². The SMILES string of the molecule is CCOc1ccc(Cl)cc1/C=C1\SC(=S)N(c2ccc(C)c(C)c2)C1=O. The van der Waals surface area contributed by atoms with Crippen molar-refractivity contribution in [3.05, 3.63) is 63.0 Å². The van der Waals surface area contributed by atoms with Crippen molar-refractivity contribution in [3.63, 3.8) is 0 Å². The highest BCUT2D eigenvalue weighted by atomic mass is 35.5. The van der Waals surface area contributed by atoms with E-state index in [2.05, 4.69) is 0 Å². The van der Waals surface area contributed by atoms with Crippen LogP contribution in [0.3, 0.4) is 0 Å². The summed E-state index contributed by atoms with van der Waals surface area (Å²) < 4.78 is 6.15. The molecule has 0 bridgehead atoms. The Balaban J connectivity index is 1.97. The van der Waals surface area contributed by atoms with Crippen LogP contribution in [0.1, 0.15) is 23.6 Å². The van der Waals surface area contributed by atoms with Gasteiger partial charge in [0.1, 0.15) is 5.75 Å². The maximum absolute atomic E-state index is 12.9. The average Bonchev–Trinajstić information content (AvgIpc) is 2.87. The molecule has 26 heavy (non-hydrogen) atoms. The number of ether oxygens (including phenoxy) is 1. The third-order valence-corrected chi connectivity index (χ3v) is 5.64. The van der Waals surface area contributed by atoms with E-state index in [1.54, 1.807) is 23.1 Å². The van der Waals surface area contributed by atoms with E-state index in [0.717, 1.165) is 16.8 Å². The zero-order valence-corrected chi connectivity index (χ0v) is 17.1. The largest absolute Gasteiger partial charge is 0.493 e. The van der Waals surface area contributed by atoms with Crippen molar-refractivity contribution in [2.45, 2.75) is 20.8 Å². The summed E-state index contributed by atoms with van der Waals surface area (Å²) in [5.74, 6) is 0.555. The molecule has 0 N–H and O–H groups in total. The second kappa shape index (κ2) is 7.82. The monoisotopic (exact) mass is 403 g/mol. The number of carbonyl (C=O) groups excluding carboxylic acids is 1. The molecule has 1 heterocycles. The minimum absolute atomic E-state index is 0.134. The van der Waals surface area contributed by atoms with Crippen molar-refractivity contribution in [1.82, 2.24) is 0 Å². The van der Waals surface area contributed by atoms with Crippen LogP contribution < -0.4 is 9.64 Å². The van der Waals surface area contributed by atoms with Crippen LogP contribution in [0, 0.1) is 13.8 Å². The summed E-state index contributed by atoms with van der Waals surface area (Å²) >= 11 is 12.8. The van der Waals surface area contributed by atoms with Gasteiger partial charge in [-0.15, -0.1) is 0 Å². The van der Waals surface area contributed by atoms with Gasteiger partial charge in [-0.1, -0.05) is 41.6 Å². The minimum atomic E-state index is -0.134. The van der Waals surface area contributed by atoms with Gasteiger partial charge < -0.3 is 4.74 Å². The molecule has 1 amide bonds. The van der Waals surface area contributed by atoms with E-state index in [-0.39, 0.29) is 5.91 Å². The molecule has 0 atom stereocenters. The van der Waals surface area contributed by atoms with Gasteiger partial charge in [-0.2, -0.15) is 0 Å². The van der Waals surface area contributed by atoms with Crippen molar-refractivity contribution in [1.29, 1.82) is 0 Å². The van der Waals surface area contributed by atoms with Gasteiger partial charge in [-0.3, -0.25) is 9.69 Å². The van der Waals surface area contributed by atoms with Gasteiger partial charge in [0.2, 0.25) is 0 Å². The number of nitrogens with zero attached hydrogens (tertiary/aromatic N) is 1. The molecule has 2 aromatic rings. The Morgan fingerprint density at radius 3 is 2.65 bits per heavy atom. The average molecular weight is 404 g/mol. The van der Waals surface area contributed by atoms with E-state index < -0.39 is 0 Å². The Hall–Kier alpha value is -1.82. The van der Waals surface area contributed by atoms with Gasteiger partial charge in [0.05, 0.1) is 17.2 Å². The Kier molecular flexibility index (Phi) is 5.70. The number of carbonyl (C=O) groups is 1. The van der Waals surface area contributed by atoms with Crippen molar-refractivity contribution < 1.29 is 9.53 Å². The van der Waals surface area contributed by atoms with Crippen LogP contribution in [-0.2, 0) is 4.79 Å². The van der Waals surface area contributed by atoms with Crippen LogP contribution >= 0.6 is 35.6 Å². The van der Waals surface area contributed by atoms with E-state index in [9.17, 15) is 4.79 Å². The van der Waals surface area contributed by atoms with Gasteiger partial charge in [0.15, 0.2) is 4.32 Å². The molecular formula is C20H18ClNO2S2. The zero-order chi connectivity index (χ0) is 18.8. The maximum atomic E-state index is 12.9. The van der Waals surface area contributed by atoms with E-state index in [1.807, 2.05) is 45.0 Å². The smallest absolute Gasteiger partial charge is 0.270 e. The molecule has 1 aliphatic rings. The molecule has 2 aromatic carbocycles. The topological polar surface area (TPSA) is 29.5 Å². The fourth-order valence-electron chi connectivity index (χ4n) is 2.62. The highest BCUT2D eigenvalue weighted by Crippen LogP contribution is 2.38. The van der Waals surface area contributed by atoms with Crippen LogP contribution in [0.2, 0.25) is 5.02 Å². The van der Waals surface area contributed by atoms with Gasteiger partial charge in [-0.05, 0) is 68.3 Å². The molecule has 3 nitrogen and oxygen atoms in total. The molecule has 6 heteroatoms. The van der Waals surface area contributed by atoms with E-state index in [1.165, 1.54) is 17.3 Å². The Bertz CT molecular complexity index is 924. The summed E-state index contributed by atoms with van der Waals surface area (Å²) in [5, 5.41) is 0.587. The number of hydrogen-bond donors (Lipinski definition) is 0. The van der Waals surface area contributed by atoms with Crippen LogP contribution in [0.4, 0.5) is 5.69 Å². The summed E-state index contributed by atoms with van der Waals surface area (Å²) in [7, 11) is 0. The highest BCUT2D eigenvalue weighted by Gasteiger charge is 2.33. The van der Waals surface area contributed by atoms with Crippen molar-refractivity contribution in [2.24, 2.45) is 0 Å². The second-order valence-electron chi connectivity index (χ2n) is 5.90. The lowest BCUT2D eigenvalue weighted by Gasteiger charge is -2.16. The first-order chi connectivity index (χ1) is 12.4. The van der Waals surface area contributed by atoms with E-state index in [4.69, 9.17) is 28.6 Å². The maximum Gasteiger partial charge on any atom is 0.270 e. The predicted octanol–water partition coefficient (Wildman–Crippen LogP) is 5.76. The van der Waals surface area contributed by atoms with Gasteiger partial charge in [-0.25, -0.2) is 0 Å². The first-order valence-corrected chi connectivity index (χ1v) is 9.78. The van der Waals surface area contributed by atoms with Crippen LogP contribution in [0.25, 0.3) is 6.08 Å². The fourth-order valence-corrected chi connectivity index (χ4v) is 4.09. The fraction of sp³-hybridized carbons (Fsp3) is 0.200. The summed E-state index contributed by atoms with van der Waals surface area (Å²) in [4.78, 5) is 15.1. The molecule has 0 saturated carbocycles. The zero-order valence-electron chi connectivity index (χ0n) is 14.7. The standard InChI is InChI=1S/C20H18ClNO2S2/c1-4-24-17-8-6-15(21)10-14(17)11-18-19(23)22(20(25)26-18)16-7-5-12(2)13(3)9-16/h5-11H,4H2,1-3H3/b18-11-. The lowest BCUT2D eigenvalue weighted by molar-refractivity contribution is -0.113. The van der Waals surface area contributed by atoms with E-state index >= 15 is 0 Å². The number of thioether (sulfide) groups is 1. The number of hydrogen-bond acceptors (Lipinski definition) is 4. The molecule has 1 saturated heterocycles. The van der Waals surface area contributed by atoms with Gasteiger partial charge >= 0.3 is 0 Å². The normalized spacial score (nSPS) is 15.8. The number of thiocarbonyl (C=S) groups is 1. The Morgan fingerprint density at radius 1 is 1.19 bits per heavy atom. The third-order valence-electron chi connectivity index (χ3n) is 4.10. The molecule has 0 radical (unpaired) electrons. The van der Waals surface area contributed by atoms with Crippen LogP contribution in [0.5, 0.6) is 5.75 Å². The lowest BCUT2D eigenvalue weighted by Crippen LogP contribution is -2.27. The Morgan fingerprint density at radius 2 is 1.96 bits per heavy atom. The van der Waals surface area contributed by atoms with Gasteiger partial charge in [0.25, 0.3) is 5.91 Å².